The van der Waals surface area contributed by atoms with Crippen LogP contribution in [0, 0.1) is 29.6 Å². The Kier molecular flexibility index (Phi) is 8.79. The fraction of sp³-hybridized carbons (Fsp3) is 0.800. The van der Waals surface area contributed by atoms with Crippen LogP contribution in [0.3, 0.4) is 0 Å². The van der Waals surface area contributed by atoms with Crippen molar-refractivity contribution in [2.75, 3.05) is 6.61 Å². The van der Waals surface area contributed by atoms with Crippen LogP contribution < -0.4 is 4.74 Å². The molecule has 0 unspecified atom stereocenters. The molecule has 0 aliphatic heterocycles. The largest absolute Gasteiger partial charge is 0.493 e. The van der Waals surface area contributed by atoms with Crippen molar-refractivity contribution in [3.8, 4) is 5.75 Å². The molecule has 0 amide bonds. The minimum Gasteiger partial charge on any atom is -0.493 e. The summed E-state index contributed by atoms with van der Waals surface area (Å²) in [5.41, 5.74) is 1.54. The zero-order valence-electron chi connectivity index (χ0n) is 20.5. The third-order valence-electron chi connectivity index (χ3n) is 9.41. The van der Waals surface area contributed by atoms with Gasteiger partial charge in [-0.1, -0.05) is 58.1 Å². The van der Waals surface area contributed by atoms with Gasteiger partial charge in [0.1, 0.15) is 5.75 Å². The molecule has 0 N–H and O–H groups in total. The molecule has 3 aliphatic rings. The maximum absolute atomic E-state index is 6.24. The van der Waals surface area contributed by atoms with Gasteiger partial charge in [-0.15, -0.1) is 0 Å². The van der Waals surface area contributed by atoms with Crippen LogP contribution in [0.4, 0.5) is 0 Å². The molecule has 0 heterocycles. The molecule has 0 atom stereocenters. The van der Waals surface area contributed by atoms with Gasteiger partial charge in [0.2, 0.25) is 0 Å². The van der Waals surface area contributed by atoms with Crippen molar-refractivity contribution in [1.29, 1.82) is 0 Å². The summed E-state index contributed by atoms with van der Waals surface area (Å²) in [5, 5.41) is 0. The van der Waals surface area contributed by atoms with Crippen molar-refractivity contribution in [2.24, 2.45) is 29.6 Å². The van der Waals surface area contributed by atoms with E-state index in [1.807, 2.05) is 0 Å². The van der Waals surface area contributed by atoms with Crippen molar-refractivity contribution < 1.29 is 4.74 Å². The fourth-order valence-corrected chi connectivity index (χ4v) is 7.14. The molecule has 0 aromatic heterocycles. The summed E-state index contributed by atoms with van der Waals surface area (Å²) in [4.78, 5) is 0. The molecule has 3 saturated carbocycles. The SMILES string of the molecule is CCCC1CCC(C2CCC(COc3ccc(C4CCC(CC)CC4)cc3)CC2)CC1. The van der Waals surface area contributed by atoms with Gasteiger partial charge in [-0.3, -0.25) is 0 Å². The summed E-state index contributed by atoms with van der Waals surface area (Å²) in [6.07, 6.45) is 21.5. The van der Waals surface area contributed by atoms with Crippen LogP contribution in [0.2, 0.25) is 0 Å². The Morgan fingerprint density at radius 3 is 1.74 bits per heavy atom. The third-order valence-corrected chi connectivity index (χ3v) is 9.41. The smallest absolute Gasteiger partial charge is 0.119 e. The van der Waals surface area contributed by atoms with E-state index in [0.717, 1.165) is 47.9 Å². The molecule has 3 fully saturated rings. The predicted molar refractivity (Wildman–Crippen MR) is 133 cm³/mol. The summed E-state index contributed by atoms with van der Waals surface area (Å²) >= 11 is 0. The first-order chi connectivity index (χ1) is 15.2. The Labute approximate surface area is 192 Å². The van der Waals surface area contributed by atoms with Gasteiger partial charge in [-0.05, 0) is 117 Å². The molecule has 0 spiro atoms. The second kappa shape index (κ2) is 11.8. The van der Waals surface area contributed by atoms with Crippen molar-refractivity contribution in [2.45, 2.75) is 116 Å². The van der Waals surface area contributed by atoms with Crippen LogP contribution in [0.25, 0.3) is 0 Å². The molecule has 1 aromatic carbocycles. The minimum atomic E-state index is 0.775. The predicted octanol–water partition coefficient (Wildman–Crippen LogP) is 9.16. The quantitative estimate of drug-likeness (QED) is 0.404. The molecular formula is C30H48O. The molecule has 0 bridgehead atoms. The second-order valence-electron chi connectivity index (χ2n) is 11.4. The van der Waals surface area contributed by atoms with Gasteiger partial charge in [-0.2, -0.15) is 0 Å². The first-order valence-electron chi connectivity index (χ1n) is 14.0. The first-order valence-corrected chi connectivity index (χ1v) is 14.0. The fourth-order valence-electron chi connectivity index (χ4n) is 7.14. The molecule has 1 nitrogen and oxygen atoms in total. The topological polar surface area (TPSA) is 9.23 Å². The van der Waals surface area contributed by atoms with E-state index in [9.17, 15) is 0 Å². The zero-order chi connectivity index (χ0) is 21.5. The van der Waals surface area contributed by atoms with Crippen molar-refractivity contribution in [1.82, 2.24) is 0 Å². The highest BCUT2D eigenvalue weighted by molar-refractivity contribution is 5.29. The second-order valence-corrected chi connectivity index (χ2v) is 11.4. The summed E-state index contributed by atoms with van der Waals surface area (Å²) in [6, 6.07) is 9.17. The number of rotatable bonds is 8. The van der Waals surface area contributed by atoms with Crippen LogP contribution in [0.15, 0.2) is 24.3 Å². The third kappa shape index (κ3) is 6.52. The Balaban J connectivity index is 1.15. The maximum Gasteiger partial charge on any atom is 0.119 e. The van der Waals surface area contributed by atoms with E-state index in [0.29, 0.717) is 0 Å². The standard InChI is InChI=1S/C30H48O/c1-3-5-24-8-14-27(15-9-24)28-16-10-25(11-17-28)22-31-30-20-18-29(19-21-30)26-12-6-23(4-2)7-13-26/h18-21,23-28H,3-17,22H2,1-2H3. The molecule has 1 heteroatoms. The molecule has 31 heavy (non-hydrogen) atoms. The van der Waals surface area contributed by atoms with Crippen molar-refractivity contribution in [3.63, 3.8) is 0 Å². The van der Waals surface area contributed by atoms with Crippen molar-refractivity contribution >= 4 is 0 Å². The van der Waals surface area contributed by atoms with Crippen LogP contribution in [0.1, 0.15) is 122 Å². The van der Waals surface area contributed by atoms with Crippen LogP contribution in [-0.2, 0) is 0 Å². The monoisotopic (exact) mass is 424 g/mol. The highest BCUT2D eigenvalue weighted by atomic mass is 16.5. The Morgan fingerprint density at radius 2 is 1.19 bits per heavy atom. The van der Waals surface area contributed by atoms with Gasteiger partial charge in [-0.25, -0.2) is 0 Å². The van der Waals surface area contributed by atoms with E-state index in [-0.39, 0.29) is 0 Å². The molecule has 0 saturated heterocycles. The number of hydrogen-bond donors (Lipinski definition) is 0. The number of hydrogen-bond acceptors (Lipinski definition) is 1. The first kappa shape index (κ1) is 23.2. The number of benzene rings is 1. The van der Waals surface area contributed by atoms with E-state index in [1.54, 1.807) is 0 Å². The Bertz CT molecular complexity index is 610. The lowest BCUT2D eigenvalue weighted by Gasteiger charge is -2.37. The lowest BCUT2D eigenvalue weighted by Crippen LogP contribution is -2.27. The van der Waals surface area contributed by atoms with E-state index in [2.05, 4.69) is 38.1 Å². The highest BCUT2D eigenvalue weighted by Crippen LogP contribution is 2.42. The minimum absolute atomic E-state index is 0.775. The normalized spacial score (nSPS) is 34.4. The van der Waals surface area contributed by atoms with Gasteiger partial charge in [0.25, 0.3) is 0 Å². The van der Waals surface area contributed by atoms with Gasteiger partial charge < -0.3 is 4.74 Å². The van der Waals surface area contributed by atoms with E-state index < -0.39 is 0 Å². The molecule has 4 rings (SSSR count). The van der Waals surface area contributed by atoms with Crippen LogP contribution in [-0.4, -0.2) is 6.61 Å². The summed E-state index contributed by atoms with van der Waals surface area (Å²) in [6.45, 7) is 5.63. The molecule has 1 aromatic rings. The average Bonchev–Trinajstić information content (AvgIpc) is 2.84. The van der Waals surface area contributed by atoms with Gasteiger partial charge in [0, 0.05) is 0 Å². The van der Waals surface area contributed by atoms with Crippen LogP contribution >= 0.6 is 0 Å². The van der Waals surface area contributed by atoms with E-state index in [1.165, 1.54) is 102 Å². The Hall–Kier alpha value is -0.980. The van der Waals surface area contributed by atoms with Gasteiger partial charge in [0.15, 0.2) is 0 Å². The Morgan fingerprint density at radius 1 is 0.645 bits per heavy atom. The zero-order valence-corrected chi connectivity index (χ0v) is 20.5. The summed E-state index contributed by atoms with van der Waals surface area (Å²) in [5.74, 6) is 6.72. The molecular weight excluding hydrogens is 376 g/mol. The lowest BCUT2D eigenvalue weighted by atomic mass is 9.69. The van der Waals surface area contributed by atoms with E-state index >= 15 is 0 Å². The summed E-state index contributed by atoms with van der Waals surface area (Å²) < 4.78 is 6.24. The molecule has 3 aliphatic carbocycles. The highest BCUT2D eigenvalue weighted by Gasteiger charge is 2.31. The van der Waals surface area contributed by atoms with Gasteiger partial charge in [0.05, 0.1) is 6.61 Å². The van der Waals surface area contributed by atoms with Gasteiger partial charge >= 0.3 is 0 Å². The van der Waals surface area contributed by atoms with Crippen LogP contribution in [0.5, 0.6) is 5.75 Å². The summed E-state index contributed by atoms with van der Waals surface area (Å²) in [7, 11) is 0. The molecule has 0 radical (unpaired) electrons. The van der Waals surface area contributed by atoms with E-state index in [4.69, 9.17) is 4.74 Å². The average molecular weight is 425 g/mol. The van der Waals surface area contributed by atoms with Crippen molar-refractivity contribution in [3.05, 3.63) is 29.8 Å². The lowest BCUT2D eigenvalue weighted by molar-refractivity contribution is 0.122. The molecule has 174 valence electrons. The number of ether oxygens (including phenoxy) is 1. The maximum atomic E-state index is 6.24.